The summed E-state index contributed by atoms with van der Waals surface area (Å²) in [5, 5.41) is 0. The minimum absolute atomic E-state index is 0.329. The van der Waals surface area contributed by atoms with Crippen molar-refractivity contribution in [1.29, 1.82) is 0 Å². The van der Waals surface area contributed by atoms with E-state index in [1.165, 1.54) is 10.6 Å². The second-order valence-electron chi connectivity index (χ2n) is 5.40. The molecule has 0 amide bonds. The molecule has 0 bridgehead atoms. The van der Waals surface area contributed by atoms with Crippen LogP contribution in [0.25, 0.3) is 0 Å². The molecule has 21 heavy (non-hydrogen) atoms. The van der Waals surface area contributed by atoms with Crippen molar-refractivity contribution >= 4 is 11.3 Å². The van der Waals surface area contributed by atoms with E-state index in [9.17, 15) is 0 Å². The molecule has 1 atom stereocenters. The van der Waals surface area contributed by atoms with E-state index in [2.05, 4.69) is 33.3 Å². The Kier molecular flexibility index (Phi) is 4.37. The number of nitrogens with zero attached hydrogens (tertiary/aromatic N) is 4. The number of aryl methyl sites for hydroxylation is 1. The molecular weight excluding hydrogens is 284 g/mol. The number of hydrogen-bond donors (Lipinski definition) is 0. The zero-order chi connectivity index (χ0) is 14.8. The summed E-state index contributed by atoms with van der Waals surface area (Å²) in [5.41, 5.74) is 4.27. The van der Waals surface area contributed by atoms with Crippen molar-refractivity contribution in [3.05, 3.63) is 33.8 Å². The summed E-state index contributed by atoms with van der Waals surface area (Å²) in [7, 11) is 0. The normalized spacial score (nSPS) is 18.9. The Balaban J connectivity index is 1.75. The van der Waals surface area contributed by atoms with Gasteiger partial charge in [-0.1, -0.05) is 0 Å². The summed E-state index contributed by atoms with van der Waals surface area (Å²) in [5.74, 6) is 1.15. The summed E-state index contributed by atoms with van der Waals surface area (Å²) in [6.45, 7) is 10.7. The van der Waals surface area contributed by atoms with E-state index in [4.69, 9.17) is 4.74 Å². The van der Waals surface area contributed by atoms with Crippen LogP contribution in [-0.2, 0) is 24.4 Å². The van der Waals surface area contributed by atoms with Gasteiger partial charge in [-0.3, -0.25) is 4.90 Å². The van der Waals surface area contributed by atoms with Gasteiger partial charge in [0.15, 0.2) is 0 Å². The van der Waals surface area contributed by atoms with Gasteiger partial charge in [0.25, 0.3) is 0 Å². The monoisotopic (exact) mass is 306 g/mol. The summed E-state index contributed by atoms with van der Waals surface area (Å²) in [4.78, 5) is 12.8. The first-order valence-corrected chi connectivity index (χ1v) is 8.33. The zero-order valence-corrected chi connectivity index (χ0v) is 13.7. The molecule has 0 N–H and O–H groups in total. The molecule has 0 saturated heterocycles. The van der Waals surface area contributed by atoms with Crippen LogP contribution in [0.4, 0.5) is 0 Å². The highest BCUT2D eigenvalue weighted by Crippen LogP contribution is 2.28. The highest BCUT2D eigenvalue weighted by molar-refractivity contribution is 7.09. The van der Waals surface area contributed by atoms with Crippen molar-refractivity contribution in [3.63, 3.8) is 0 Å². The standard InChI is InChI=1S/C15H22N4OS/c1-4-20-9-13-7-16-15-12(3)18(5-6-19(13)15)8-14-11(2)17-10-21-14/h7,10,12H,4-6,8-9H2,1-3H3/t12-/m1/s1. The molecule has 3 heterocycles. The molecule has 0 aliphatic carbocycles. The Bertz CT molecular complexity index is 607. The molecule has 114 valence electrons. The molecule has 0 radical (unpaired) electrons. The van der Waals surface area contributed by atoms with Gasteiger partial charge in [-0.25, -0.2) is 9.97 Å². The average molecular weight is 306 g/mol. The molecule has 1 aliphatic heterocycles. The van der Waals surface area contributed by atoms with Crippen LogP contribution in [0.2, 0.25) is 0 Å². The predicted molar refractivity (Wildman–Crippen MR) is 83.2 cm³/mol. The topological polar surface area (TPSA) is 43.2 Å². The first-order valence-electron chi connectivity index (χ1n) is 7.45. The molecule has 0 fully saturated rings. The summed E-state index contributed by atoms with van der Waals surface area (Å²) < 4.78 is 7.84. The van der Waals surface area contributed by atoms with Crippen molar-refractivity contribution in [2.75, 3.05) is 13.2 Å². The summed E-state index contributed by atoms with van der Waals surface area (Å²) >= 11 is 1.74. The lowest BCUT2D eigenvalue weighted by molar-refractivity contribution is 0.119. The molecular formula is C15H22N4OS. The lowest BCUT2D eigenvalue weighted by Gasteiger charge is -2.34. The molecule has 0 aromatic carbocycles. The SMILES string of the molecule is CCOCc1cnc2n1CCN(Cc1scnc1C)[C@@H]2C. The Morgan fingerprint density at radius 2 is 2.24 bits per heavy atom. The number of imidazole rings is 1. The van der Waals surface area contributed by atoms with Crippen LogP contribution >= 0.6 is 11.3 Å². The van der Waals surface area contributed by atoms with Crippen LogP contribution in [0.1, 0.15) is 42.0 Å². The van der Waals surface area contributed by atoms with E-state index in [1.54, 1.807) is 11.3 Å². The first-order chi connectivity index (χ1) is 10.2. The molecule has 6 heteroatoms. The lowest BCUT2D eigenvalue weighted by Crippen LogP contribution is -2.37. The minimum atomic E-state index is 0.329. The quantitative estimate of drug-likeness (QED) is 0.852. The fourth-order valence-electron chi connectivity index (χ4n) is 2.80. The van der Waals surface area contributed by atoms with E-state index in [1.807, 2.05) is 18.6 Å². The molecule has 3 rings (SSSR count). The van der Waals surface area contributed by atoms with Gasteiger partial charge in [0.1, 0.15) is 5.82 Å². The molecule has 0 saturated carbocycles. The second-order valence-corrected chi connectivity index (χ2v) is 6.34. The second kappa shape index (κ2) is 6.25. The molecule has 2 aromatic heterocycles. The molecule has 0 spiro atoms. The molecule has 1 aliphatic rings. The van der Waals surface area contributed by atoms with Gasteiger partial charge in [-0.2, -0.15) is 0 Å². The highest BCUT2D eigenvalue weighted by Gasteiger charge is 2.27. The van der Waals surface area contributed by atoms with Gasteiger partial charge in [0.05, 0.1) is 35.7 Å². The van der Waals surface area contributed by atoms with Gasteiger partial charge in [0.2, 0.25) is 0 Å². The van der Waals surface area contributed by atoms with E-state index >= 15 is 0 Å². The van der Waals surface area contributed by atoms with Gasteiger partial charge in [0, 0.05) is 31.1 Å². The maximum atomic E-state index is 5.53. The Labute approximate surface area is 129 Å². The number of thiazole rings is 1. The third-order valence-corrected chi connectivity index (χ3v) is 5.07. The molecule has 2 aromatic rings. The van der Waals surface area contributed by atoms with Gasteiger partial charge < -0.3 is 9.30 Å². The smallest absolute Gasteiger partial charge is 0.126 e. The van der Waals surface area contributed by atoms with Gasteiger partial charge in [-0.15, -0.1) is 11.3 Å². The summed E-state index contributed by atoms with van der Waals surface area (Å²) in [6.07, 6.45) is 1.96. The molecule has 0 unspecified atom stereocenters. The van der Waals surface area contributed by atoms with E-state index in [0.717, 1.165) is 37.8 Å². The highest BCUT2D eigenvalue weighted by atomic mass is 32.1. The largest absolute Gasteiger partial charge is 0.375 e. The van der Waals surface area contributed by atoms with Crippen LogP contribution in [0.3, 0.4) is 0 Å². The van der Waals surface area contributed by atoms with Crippen molar-refractivity contribution in [1.82, 2.24) is 19.4 Å². The van der Waals surface area contributed by atoms with E-state index in [-0.39, 0.29) is 0 Å². The van der Waals surface area contributed by atoms with Crippen LogP contribution in [-0.4, -0.2) is 32.6 Å². The van der Waals surface area contributed by atoms with Gasteiger partial charge in [-0.05, 0) is 20.8 Å². The molecule has 5 nitrogen and oxygen atoms in total. The number of rotatable bonds is 5. The third-order valence-electron chi connectivity index (χ3n) is 4.15. The van der Waals surface area contributed by atoms with Crippen molar-refractivity contribution in [2.45, 2.75) is 46.5 Å². The maximum Gasteiger partial charge on any atom is 0.126 e. The fourth-order valence-corrected chi connectivity index (χ4v) is 3.61. The minimum Gasteiger partial charge on any atom is -0.375 e. The zero-order valence-electron chi connectivity index (χ0n) is 12.9. The van der Waals surface area contributed by atoms with Crippen molar-refractivity contribution in [2.24, 2.45) is 0 Å². The number of ether oxygens (including phenoxy) is 1. The van der Waals surface area contributed by atoms with Crippen molar-refractivity contribution < 1.29 is 4.74 Å². The van der Waals surface area contributed by atoms with Crippen LogP contribution in [0, 0.1) is 6.92 Å². The predicted octanol–water partition coefficient (Wildman–Crippen LogP) is 2.76. The first kappa shape index (κ1) is 14.7. The van der Waals surface area contributed by atoms with Crippen LogP contribution in [0.5, 0.6) is 0 Å². The fraction of sp³-hybridized carbons (Fsp3) is 0.600. The number of fused-ring (bicyclic) bond motifs is 1. The van der Waals surface area contributed by atoms with Crippen LogP contribution < -0.4 is 0 Å². The number of hydrogen-bond acceptors (Lipinski definition) is 5. The Hall–Kier alpha value is -1.24. The van der Waals surface area contributed by atoms with E-state index in [0.29, 0.717) is 12.6 Å². The Morgan fingerprint density at radius 3 is 2.95 bits per heavy atom. The van der Waals surface area contributed by atoms with E-state index < -0.39 is 0 Å². The lowest BCUT2D eigenvalue weighted by atomic mass is 10.2. The number of aromatic nitrogens is 3. The van der Waals surface area contributed by atoms with Crippen molar-refractivity contribution in [3.8, 4) is 0 Å². The summed E-state index contributed by atoms with van der Waals surface area (Å²) in [6, 6.07) is 0.329. The Morgan fingerprint density at radius 1 is 1.38 bits per heavy atom. The average Bonchev–Trinajstić information content (AvgIpc) is 3.07. The van der Waals surface area contributed by atoms with Crippen LogP contribution in [0.15, 0.2) is 11.7 Å². The maximum absolute atomic E-state index is 5.53. The van der Waals surface area contributed by atoms with Gasteiger partial charge >= 0.3 is 0 Å². The third kappa shape index (κ3) is 2.88.